The van der Waals surface area contributed by atoms with E-state index in [2.05, 4.69) is 29.4 Å². The number of fused-ring (bicyclic) bond motifs is 1. The van der Waals surface area contributed by atoms with Gasteiger partial charge in [0, 0.05) is 24.7 Å². The first-order chi connectivity index (χ1) is 8.16. The fraction of sp³-hybridized carbons (Fsp3) is 0.923. The van der Waals surface area contributed by atoms with Gasteiger partial charge in [-0.3, -0.25) is 9.69 Å². The summed E-state index contributed by atoms with van der Waals surface area (Å²) in [4.78, 5) is 14.3. The van der Waals surface area contributed by atoms with E-state index in [9.17, 15) is 4.79 Å². The molecule has 4 heteroatoms. The van der Waals surface area contributed by atoms with Crippen LogP contribution in [0.25, 0.3) is 0 Å². The van der Waals surface area contributed by atoms with Crippen molar-refractivity contribution in [1.82, 2.24) is 15.5 Å². The third-order valence-corrected chi connectivity index (χ3v) is 3.87. The van der Waals surface area contributed by atoms with Gasteiger partial charge >= 0.3 is 0 Å². The van der Waals surface area contributed by atoms with Crippen LogP contribution in [-0.4, -0.2) is 48.6 Å². The number of nitrogens with zero attached hydrogens (tertiary/aromatic N) is 1. The van der Waals surface area contributed by atoms with Gasteiger partial charge < -0.3 is 10.6 Å². The monoisotopic (exact) mass is 239 g/mol. The molecular formula is C13H25N3O. The van der Waals surface area contributed by atoms with Crippen LogP contribution in [-0.2, 0) is 4.79 Å². The summed E-state index contributed by atoms with van der Waals surface area (Å²) in [7, 11) is 0. The number of rotatable bonds is 4. The van der Waals surface area contributed by atoms with E-state index in [1.807, 2.05) is 0 Å². The highest BCUT2D eigenvalue weighted by molar-refractivity contribution is 5.78. The number of carbonyl (C=O) groups is 1. The minimum atomic E-state index is 0.149. The Morgan fingerprint density at radius 2 is 2.12 bits per heavy atom. The highest BCUT2D eigenvalue weighted by atomic mass is 16.2. The van der Waals surface area contributed by atoms with E-state index in [1.54, 1.807) is 0 Å². The van der Waals surface area contributed by atoms with E-state index >= 15 is 0 Å². The SMILES string of the molecule is CC(C)NCC(=O)NC1CCN2CCCCC12. The molecule has 4 nitrogen and oxygen atoms in total. The average Bonchev–Trinajstić information content (AvgIpc) is 2.70. The summed E-state index contributed by atoms with van der Waals surface area (Å²) in [5.41, 5.74) is 0. The zero-order valence-corrected chi connectivity index (χ0v) is 11.0. The zero-order chi connectivity index (χ0) is 12.3. The molecule has 2 N–H and O–H groups in total. The smallest absolute Gasteiger partial charge is 0.234 e. The minimum absolute atomic E-state index is 0.149. The van der Waals surface area contributed by atoms with E-state index in [0.29, 0.717) is 24.7 Å². The van der Waals surface area contributed by atoms with Crippen LogP contribution >= 0.6 is 0 Å². The van der Waals surface area contributed by atoms with Crippen molar-refractivity contribution < 1.29 is 4.79 Å². The van der Waals surface area contributed by atoms with Gasteiger partial charge in [-0.1, -0.05) is 20.3 Å². The second-order valence-corrected chi connectivity index (χ2v) is 5.60. The Labute approximate surface area is 104 Å². The molecule has 2 rings (SSSR count). The van der Waals surface area contributed by atoms with Gasteiger partial charge in [0.15, 0.2) is 0 Å². The van der Waals surface area contributed by atoms with Crippen molar-refractivity contribution in [3.63, 3.8) is 0 Å². The molecule has 2 heterocycles. The maximum Gasteiger partial charge on any atom is 0.234 e. The fourth-order valence-corrected chi connectivity index (χ4v) is 2.97. The number of hydrogen-bond acceptors (Lipinski definition) is 3. The molecule has 2 unspecified atom stereocenters. The van der Waals surface area contributed by atoms with Crippen LogP contribution in [0.2, 0.25) is 0 Å². The number of carbonyl (C=O) groups excluding carboxylic acids is 1. The van der Waals surface area contributed by atoms with Crippen LogP contribution < -0.4 is 10.6 Å². The molecule has 0 radical (unpaired) electrons. The molecule has 0 aromatic rings. The first kappa shape index (κ1) is 12.8. The molecule has 0 aromatic heterocycles. The number of nitrogens with one attached hydrogen (secondary N) is 2. The predicted octanol–water partition coefficient (Wildman–Crippen LogP) is 0.727. The molecule has 98 valence electrons. The maximum atomic E-state index is 11.8. The summed E-state index contributed by atoms with van der Waals surface area (Å²) in [5, 5.41) is 6.36. The predicted molar refractivity (Wildman–Crippen MR) is 68.9 cm³/mol. The highest BCUT2D eigenvalue weighted by Crippen LogP contribution is 2.26. The Balaban J connectivity index is 1.77. The molecule has 0 bridgehead atoms. The molecule has 2 aliphatic rings. The minimum Gasteiger partial charge on any atom is -0.351 e. The molecule has 2 saturated heterocycles. The quantitative estimate of drug-likeness (QED) is 0.760. The van der Waals surface area contributed by atoms with Crippen molar-refractivity contribution in [2.45, 2.75) is 57.7 Å². The second kappa shape index (κ2) is 5.83. The number of hydrogen-bond donors (Lipinski definition) is 2. The summed E-state index contributed by atoms with van der Waals surface area (Å²) in [6.07, 6.45) is 5.02. The van der Waals surface area contributed by atoms with Gasteiger partial charge in [0.05, 0.1) is 6.54 Å². The lowest BCUT2D eigenvalue weighted by Crippen LogP contribution is -2.49. The largest absolute Gasteiger partial charge is 0.351 e. The molecule has 0 spiro atoms. The van der Waals surface area contributed by atoms with Crippen LogP contribution in [0, 0.1) is 0 Å². The lowest BCUT2D eigenvalue weighted by Gasteiger charge is -2.32. The lowest BCUT2D eigenvalue weighted by atomic mass is 9.99. The van der Waals surface area contributed by atoms with Crippen LogP contribution in [0.5, 0.6) is 0 Å². The van der Waals surface area contributed by atoms with Crippen LogP contribution in [0.3, 0.4) is 0 Å². The maximum absolute atomic E-state index is 11.8. The third kappa shape index (κ3) is 3.42. The Kier molecular flexibility index (Phi) is 4.40. The first-order valence-corrected chi connectivity index (χ1v) is 6.93. The summed E-state index contributed by atoms with van der Waals surface area (Å²) in [6, 6.07) is 1.36. The van der Waals surface area contributed by atoms with Crippen LogP contribution in [0.1, 0.15) is 39.5 Å². The lowest BCUT2D eigenvalue weighted by molar-refractivity contribution is -0.121. The molecule has 17 heavy (non-hydrogen) atoms. The van der Waals surface area contributed by atoms with Crippen molar-refractivity contribution >= 4 is 5.91 Å². The fourth-order valence-electron chi connectivity index (χ4n) is 2.97. The number of piperidine rings is 1. The molecule has 0 aromatic carbocycles. The van der Waals surface area contributed by atoms with Crippen molar-refractivity contribution in [2.24, 2.45) is 0 Å². The highest BCUT2D eigenvalue weighted by Gasteiger charge is 2.35. The standard InChI is InChI=1S/C13H25N3O/c1-10(2)14-9-13(17)15-11-6-8-16-7-4-3-5-12(11)16/h10-12,14H,3-9H2,1-2H3,(H,15,17). The summed E-state index contributed by atoms with van der Waals surface area (Å²) >= 11 is 0. The Bertz CT molecular complexity index is 267. The van der Waals surface area contributed by atoms with Crippen LogP contribution in [0.15, 0.2) is 0 Å². The molecule has 2 aliphatic heterocycles. The van der Waals surface area contributed by atoms with Gasteiger partial charge in [-0.2, -0.15) is 0 Å². The average molecular weight is 239 g/mol. The molecule has 0 saturated carbocycles. The van der Waals surface area contributed by atoms with Gasteiger partial charge in [-0.05, 0) is 25.8 Å². The van der Waals surface area contributed by atoms with Crippen molar-refractivity contribution in [3.8, 4) is 0 Å². The van der Waals surface area contributed by atoms with Crippen molar-refractivity contribution in [3.05, 3.63) is 0 Å². The van der Waals surface area contributed by atoms with Gasteiger partial charge in [-0.15, -0.1) is 0 Å². The normalized spacial score (nSPS) is 29.4. The molecule has 1 amide bonds. The van der Waals surface area contributed by atoms with Crippen LogP contribution in [0.4, 0.5) is 0 Å². The third-order valence-electron chi connectivity index (χ3n) is 3.87. The second-order valence-electron chi connectivity index (χ2n) is 5.60. The zero-order valence-electron chi connectivity index (χ0n) is 11.0. The van der Waals surface area contributed by atoms with Crippen molar-refractivity contribution in [1.29, 1.82) is 0 Å². The van der Waals surface area contributed by atoms with Gasteiger partial charge in [-0.25, -0.2) is 0 Å². The van der Waals surface area contributed by atoms with E-state index < -0.39 is 0 Å². The summed E-state index contributed by atoms with van der Waals surface area (Å²) in [6.45, 7) is 6.95. The molecular weight excluding hydrogens is 214 g/mol. The van der Waals surface area contributed by atoms with E-state index in [1.165, 1.54) is 25.8 Å². The molecule has 0 aliphatic carbocycles. The van der Waals surface area contributed by atoms with E-state index in [4.69, 9.17) is 0 Å². The van der Waals surface area contributed by atoms with Gasteiger partial charge in [0.25, 0.3) is 0 Å². The van der Waals surface area contributed by atoms with Gasteiger partial charge in [0.2, 0.25) is 5.91 Å². The topological polar surface area (TPSA) is 44.4 Å². The summed E-state index contributed by atoms with van der Waals surface area (Å²) in [5.74, 6) is 0.149. The molecule has 2 atom stereocenters. The first-order valence-electron chi connectivity index (χ1n) is 6.93. The molecule has 2 fully saturated rings. The van der Waals surface area contributed by atoms with E-state index in [0.717, 1.165) is 13.0 Å². The number of amides is 1. The Hall–Kier alpha value is -0.610. The van der Waals surface area contributed by atoms with E-state index in [-0.39, 0.29) is 5.91 Å². The van der Waals surface area contributed by atoms with Crippen molar-refractivity contribution in [2.75, 3.05) is 19.6 Å². The Morgan fingerprint density at radius 1 is 1.29 bits per heavy atom. The van der Waals surface area contributed by atoms with Gasteiger partial charge in [0.1, 0.15) is 0 Å². The summed E-state index contributed by atoms with van der Waals surface area (Å²) < 4.78 is 0. The Morgan fingerprint density at radius 3 is 2.88 bits per heavy atom.